The Labute approximate surface area is 107 Å². The molecule has 2 rings (SSSR count). The van der Waals surface area contributed by atoms with E-state index in [1.807, 2.05) is 0 Å². The van der Waals surface area contributed by atoms with Gasteiger partial charge in [0, 0.05) is 13.1 Å². The zero-order valence-electron chi connectivity index (χ0n) is 10.2. The lowest BCUT2D eigenvalue weighted by molar-refractivity contribution is 0.0126. The van der Waals surface area contributed by atoms with E-state index in [1.165, 1.54) is 28.6 Å². The van der Waals surface area contributed by atoms with Gasteiger partial charge in [-0.2, -0.15) is 4.31 Å². The molecule has 0 amide bonds. The summed E-state index contributed by atoms with van der Waals surface area (Å²) in [6.07, 6.45) is 0.870. The van der Waals surface area contributed by atoms with Crippen molar-refractivity contribution in [2.24, 2.45) is 0 Å². The largest absolute Gasteiger partial charge is 0.508 e. The van der Waals surface area contributed by atoms with Crippen LogP contribution in [-0.4, -0.2) is 41.6 Å². The molecule has 0 saturated carbocycles. The summed E-state index contributed by atoms with van der Waals surface area (Å²) in [4.78, 5) is 0.168. The molecule has 1 heterocycles. The normalized spacial score (nSPS) is 20.8. The van der Waals surface area contributed by atoms with Gasteiger partial charge >= 0.3 is 0 Å². The Morgan fingerprint density at radius 1 is 1.17 bits per heavy atom. The van der Waals surface area contributed by atoms with Crippen LogP contribution in [0.15, 0.2) is 29.2 Å². The van der Waals surface area contributed by atoms with Crippen molar-refractivity contribution < 1.29 is 18.6 Å². The molecule has 1 aromatic rings. The fourth-order valence-electron chi connectivity index (χ4n) is 1.98. The molecule has 0 aromatic heterocycles. The minimum absolute atomic E-state index is 0.0375. The topological polar surface area (TPSA) is 77.8 Å². The second-order valence-corrected chi connectivity index (χ2v) is 6.83. The van der Waals surface area contributed by atoms with Crippen LogP contribution in [0.4, 0.5) is 0 Å². The minimum atomic E-state index is -3.52. The van der Waals surface area contributed by atoms with Crippen LogP contribution in [0.1, 0.15) is 19.8 Å². The molecule has 1 saturated heterocycles. The molecule has 0 atom stereocenters. The van der Waals surface area contributed by atoms with Crippen LogP contribution in [0.3, 0.4) is 0 Å². The molecule has 18 heavy (non-hydrogen) atoms. The van der Waals surface area contributed by atoms with Crippen LogP contribution in [0.25, 0.3) is 0 Å². The zero-order valence-corrected chi connectivity index (χ0v) is 11.0. The van der Waals surface area contributed by atoms with E-state index in [9.17, 15) is 13.5 Å². The zero-order chi connectivity index (χ0) is 13.4. The van der Waals surface area contributed by atoms with E-state index in [0.717, 1.165) is 0 Å². The van der Waals surface area contributed by atoms with Crippen molar-refractivity contribution in [2.75, 3.05) is 13.1 Å². The smallest absolute Gasteiger partial charge is 0.243 e. The molecule has 1 aliphatic rings. The van der Waals surface area contributed by atoms with Gasteiger partial charge < -0.3 is 10.2 Å². The average Bonchev–Trinajstić information content (AvgIpc) is 2.29. The molecule has 0 spiro atoms. The number of aromatic hydroxyl groups is 1. The molecule has 0 radical (unpaired) electrons. The van der Waals surface area contributed by atoms with Crippen molar-refractivity contribution in [1.29, 1.82) is 0 Å². The predicted molar refractivity (Wildman–Crippen MR) is 66.7 cm³/mol. The summed E-state index contributed by atoms with van der Waals surface area (Å²) < 4.78 is 25.9. The van der Waals surface area contributed by atoms with Crippen molar-refractivity contribution in [3.8, 4) is 5.75 Å². The maximum atomic E-state index is 12.3. The van der Waals surface area contributed by atoms with Crippen molar-refractivity contribution >= 4 is 10.0 Å². The van der Waals surface area contributed by atoms with E-state index in [1.54, 1.807) is 6.92 Å². The van der Waals surface area contributed by atoms with Gasteiger partial charge in [-0.25, -0.2) is 8.42 Å². The number of piperidine rings is 1. The van der Waals surface area contributed by atoms with E-state index in [-0.39, 0.29) is 10.6 Å². The van der Waals surface area contributed by atoms with Crippen molar-refractivity contribution in [2.45, 2.75) is 30.3 Å². The lowest BCUT2D eigenvalue weighted by atomic mass is 9.95. The first-order chi connectivity index (χ1) is 8.31. The molecule has 1 aromatic carbocycles. The second kappa shape index (κ2) is 4.53. The maximum Gasteiger partial charge on any atom is 0.243 e. The van der Waals surface area contributed by atoms with Crippen molar-refractivity contribution in [3.05, 3.63) is 24.3 Å². The Kier molecular flexibility index (Phi) is 3.35. The fourth-order valence-corrected chi connectivity index (χ4v) is 3.42. The van der Waals surface area contributed by atoms with Crippen LogP contribution in [-0.2, 0) is 10.0 Å². The van der Waals surface area contributed by atoms with Gasteiger partial charge in [0.25, 0.3) is 0 Å². The third-order valence-electron chi connectivity index (χ3n) is 3.27. The first-order valence-corrected chi connectivity index (χ1v) is 7.27. The van der Waals surface area contributed by atoms with Gasteiger partial charge in [-0.15, -0.1) is 0 Å². The molecule has 5 nitrogen and oxygen atoms in total. The molecule has 0 unspecified atom stereocenters. The molecule has 0 aliphatic carbocycles. The summed E-state index contributed by atoms with van der Waals surface area (Å²) in [6.45, 7) is 2.35. The number of benzene rings is 1. The van der Waals surface area contributed by atoms with Crippen LogP contribution in [0.5, 0.6) is 5.75 Å². The number of hydrogen-bond acceptors (Lipinski definition) is 4. The number of rotatable bonds is 2. The SMILES string of the molecule is CC1(O)CCN(S(=O)(=O)c2ccc(O)cc2)CC1. The van der Waals surface area contributed by atoms with Gasteiger partial charge in [0.15, 0.2) is 0 Å². The Hall–Kier alpha value is -1.11. The number of nitrogens with zero attached hydrogens (tertiary/aromatic N) is 1. The highest BCUT2D eigenvalue weighted by atomic mass is 32.2. The Morgan fingerprint density at radius 2 is 1.67 bits per heavy atom. The summed E-state index contributed by atoms with van der Waals surface area (Å²) in [5, 5.41) is 19.0. The first-order valence-electron chi connectivity index (χ1n) is 5.83. The Bertz CT molecular complexity index is 512. The summed E-state index contributed by atoms with van der Waals surface area (Å²) in [5.74, 6) is 0.0375. The van der Waals surface area contributed by atoms with Gasteiger partial charge in [-0.3, -0.25) is 0 Å². The quantitative estimate of drug-likeness (QED) is 0.838. The van der Waals surface area contributed by atoms with E-state index < -0.39 is 15.6 Å². The number of hydrogen-bond donors (Lipinski definition) is 2. The standard InChI is InChI=1S/C12H17NO4S/c1-12(15)6-8-13(9-7-12)18(16,17)11-4-2-10(14)3-5-11/h2-5,14-15H,6-9H2,1H3. The second-order valence-electron chi connectivity index (χ2n) is 4.89. The third kappa shape index (κ3) is 2.66. The summed E-state index contributed by atoms with van der Waals surface area (Å²) in [6, 6.07) is 5.48. The highest BCUT2D eigenvalue weighted by molar-refractivity contribution is 7.89. The lowest BCUT2D eigenvalue weighted by Gasteiger charge is -2.34. The summed E-state index contributed by atoms with van der Waals surface area (Å²) in [5.41, 5.74) is -0.777. The van der Waals surface area contributed by atoms with Gasteiger partial charge in [0.2, 0.25) is 10.0 Å². The highest BCUT2D eigenvalue weighted by Crippen LogP contribution is 2.26. The Balaban J connectivity index is 2.20. The third-order valence-corrected chi connectivity index (χ3v) is 5.19. The van der Waals surface area contributed by atoms with E-state index in [4.69, 9.17) is 5.11 Å². The average molecular weight is 271 g/mol. The number of sulfonamides is 1. The maximum absolute atomic E-state index is 12.3. The van der Waals surface area contributed by atoms with Gasteiger partial charge in [0.05, 0.1) is 10.5 Å². The van der Waals surface area contributed by atoms with Crippen LogP contribution < -0.4 is 0 Å². The van der Waals surface area contributed by atoms with E-state index >= 15 is 0 Å². The number of phenols is 1. The molecule has 6 heteroatoms. The van der Waals surface area contributed by atoms with E-state index in [2.05, 4.69) is 0 Å². The van der Waals surface area contributed by atoms with Crippen LogP contribution in [0.2, 0.25) is 0 Å². The number of aliphatic hydroxyl groups is 1. The van der Waals surface area contributed by atoms with Crippen molar-refractivity contribution in [3.63, 3.8) is 0 Å². The number of phenolic OH excluding ortho intramolecular Hbond substituents is 1. The van der Waals surface area contributed by atoms with Crippen LogP contribution in [0, 0.1) is 0 Å². The molecule has 1 aliphatic heterocycles. The molecule has 0 bridgehead atoms. The first kappa shape index (κ1) is 13.3. The molecule has 100 valence electrons. The fraction of sp³-hybridized carbons (Fsp3) is 0.500. The molecular formula is C12H17NO4S. The lowest BCUT2D eigenvalue weighted by Crippen LogP contribution is -2.44. The highest BCUT2D eigenvalue weighted by Gasteiger charge is 2.33. The van der Waals surface area contributed by atoms with Gasteiger partial charge in [-0.05, 0) is 44.0 Å². The molecule has 2 N–H and O–H groups in total. The Morgan fingerprint density at radius 3 is 2.17 bits per heavy atom. The van der Waals surface area contributed by atoms with Gasteiger partial charge in [0.1, 0.15) is 5.75 Å². The summed E-state index contributed by atoms with van der Waals surface area (Å²) >= 11 is 0. The predicted octanol–water partition coefficient (Wildman–Crippen LogP) is 0.928. The molecular weight excluding hydrogens is 254 g/mol. The van der Waals surface area contributed by atoms with Gasteiger partial charge in [-0.1, -0.05) is 0 Å². The summed E-state index contributed by atoms with van der Waals surface area (Å²) in [7, 11) is -3.52. The van der Waals surface area contributed by atoms with Crippen LogP contribution >= 0.6 is 0 Å². The van der Waals surface area contributed by atoms with E-state index in [0.29, 0.717) is 25.9 Å². The molecule has 1 fully saturated rings. The minimum Gasteiger partial charge on any atom is -0.508 e. The monoisotopic (exact) mass is 271 g/mol. The van der Waals surface area contributed by atoms with Crippen molar-refractivity contribution in [1.82, 2.24) is 4.31 Å².